The Morgan fingerprint density at radius 1 is 0.604 bits per heavy atom. The number of hydrogen-bond acceptors (Lipinski definition) is 13. The highest BCUT2D eigenvalue weighted by atomic mass is 79.9. The van der Waals surface area contributed by atoms with E-state index in [4.69, 9.17) is 61.1 Å². The highest BCUT2D eigenvalue weighted by Gasteiger charge is 2.40. The Labute approximate surface area is 305 Å². The molecule has 4 rings (SSSR count). The van der Waals surface area contributed by atoms with Crippen LogP contribution in [0.15, 0.2) is 29.3 Å². The number of carbonyl (C=O) groups is 1. The number of methoxy groups -OCH3 is 8. The predicted octanol–water partition coefficient (Wildman–Crippen LogP) is 6.83. The van der Waals surface area contributed by atoms with Crippen molar-refractivity contribution in [3.8, 4) is 34.5 Å². The van der Waals surface area contributed by atoms with Gasteiger partial charge in [0.2, 0.25) is 30.0 Å². The Hall–Kier alpha value is -3.21. The van der Waals surface area contributed by atoms with Gasteiger partial charge in [-0.1, -0.05) is 23.2 Å². The molecule has 0 aliphatic carbocycles. The number of allylic oxidation sites excluding steroid dienone is 2. The van der Waals surface area contributed by atoms with E-state index in [0.29, 0.717) is 31.5 Å². The van der Waals surface area contributed by atoms with Crippen molar-refractivity contribution in [3.63, 3.8) is 0 Å². The van der Waals surface area contributed by atoms with E-state index >= 15 is 4.79 Å². The van der Waals surface area contributed by atoms with Crippen molar-refractivity contribution >= 4 is 84.6 Å². The maximum atomic E-state index is 15.2. The van der Waals surface area contributed by atoms with Crippen LogP contribution in [0.5, 0.6) is 34.5 Å². The molecular formula is C31H34Br2Cl2N4O9. The summed E-state index contributed by atoms with van der Waals surface area (Å²) in [5, 5.41) is 0.434. The number of benzene rings is 2. The smallest absolute Gasteiger partial charge is 0.232 e. The second kappa shape index (κ2) is 15.6. The predicted molar refractivity (Wildman–Crippen MR) is 192 cm³/mol. The van der Waals surface area contributed by atoms with Gasteiger partial charge in [-0.15, -0.1) is 0 Å². The van der Waals surface area contributed by atoms with Crippen LogP contribution in [0.1, 0.15) is 27.0 Å². The van der Waals surface area contributed by atoms with Gasteiger partial charge in [0.15, 0.2) is 23.0 Å². The molecule has 0 N–H and O–H groups in total. The third-order valence-corrected chi connectivity index (χ3v) is 10.0. The monoisotopic (exact) mass is 834 g/mol. The van der Waals surface area contributed by atoms with E-state index in [9.17, 15) is 0 Å². The van der Waals surface area contributed by atoms with Crippen molar-refractivity contribution in [2.24, 2.45) is 9.98 Å². The minimum atomic E-state index is -0.922. The molecule has 2 aromatic rings. The summed E-state index contributed by atoms with van der Waals surface area (Å²) in [5.41, 5.74) is 1.64. The molecule has 2 aromatic carbocycles. The number of halogens is 4. The molecule has 13 nitrogen and oxygen atoms in total. The average molecular weight is 837 g/mol. The maximum Gasteiger partial charge on any atom is 0.232 e. The van der Waals surface area contributed by atoms with Gasteiger partial charge in [0, 0.05) is 26.6 Å². The first-order chi connectivity index (χ1) is 22.9. The van der Waals surface area contributed by atoms with Crippen LogP contribution in [0, 0.1) is 13.8 Å². The number of ether oxygens (including phenoxy) is 8. The Kier molecular flexibility index (Phi) is 12.2. The summed E-state index contributed by atoms with van der Waals surface area (Å²) in [5.74, 6) is 0.305. The lowest BCUT2D eigenvalue weighted by molar-refractivity contribution is 0.102. The third-order valence-electron chi connectivity index (χ3n) is 7.64. The molecule has 2 unspecified atom stereocenters. The molecule has 260 valence electrons. The summed E-state index contributed by atoms with van der Waals surface area (Å²) in [6, 6.07) is 0. The zero-order chi connectivity index (χ0) is 35.6. The van der Waals surface area contributed by atoms with Crippen LogP contribution in [-0.4, -0.2) is 87.8 Å². The van der Waals surface area contributed by atoms with Crippen molar-refractivity contribution in [2.75, 3.05) is 66.7 Å². The van der Waals surface area contributed by atoms with E-state index in [1.165, 1.54) is 69.3 Å². The van der Waals surface area contributed by atoms with E-state index < -0.39 is 18.5 Å². The highest BCUT2D eigenvalue weighted by molar-refractivity contribution is 9.12. The standard InChI is InChI=1S/C31H34Br2Cl2N4O9/c1-13-17(22(41-3)26(45-7)24(43-5)19(13)38-28(34)15(32)11-36-30(38)47-9)21(40)18-14(2)20(25(44-6)27(46-8)23(18)42-4)39-29(35)16(33)12-37-31(39)48-10/h11-12,30-31H,1-10H3. The molecule has 48 heavy (non-hydrogen) atoms. The molecule has 2 aliphatic rings. The average Bonchev–Trinajstić information content (AvgIpc) is 3.09. The van der Waals surface area contributed by atoms with Crippen LogP contribution in [0.4, 0.5) is 11.4 Å². The minimum absolute atomic E-state index is 0.0880. The number of anilines is 2. The molecule has 0 radical (unpaired) electrons. The van der Waals surface area contributed by atoms with Crippen molar-refractivity contribution in [2.45, 2.75) is 26.6 Å². The normalized spacial score (nSPS) is 17.6. The molecule has 17 heteroatoms. The van der Waals surface area contributed by atoms with Gasteiger partial charge < -0.3 is 37.9 Å². The van der Waals surface area contributed by atoms with Gasteiger partial charge in [0.1, 0.15) is 10.3 Å². The first-order valence-electron chi connectivity index (χ1n) is 13.9. The van der Waals surface area contributed by atoms with Crippen LogP contribution in [0.2, 0.25) is 0 Å². The maximum absolute atomic E-state index is 15.2. The summed E-state index contributed by atoms with van der Waals surface area (Å²) in [6.45, 7) is 3.44. The SMILES string of the molecule is COc1c(OC)c(C(=O)c2c(C)c(N3C(Cl)=C(Br)C=NC3OC)c(OC)c(OC)c2OC)c(C)c(N2C(Cl)=C(Br)C=NC2OC)c1OC. The van der Waals surface area contributed by atoms with Gasteiger partial charge in [-0.05, 0) is 56.8 Å². The third kappa shape index (κ3) is 6.09. The van der Waals surface area contributed by atoms with Gasteiger partial charge in [-0.2, -0.15) is 0 Å². The summed E-state index contributed by atoms with van der Waals surface area (Å²) >= 11 is 20.6. The Morgan fingerprint density at radius 2 is 0.917 bits per heavy atom. The molecule has 0 spiro atoms. The number of nitrogens with zero attached hydrogens (tertiary/aromatic N) is 4. The van der Waals surface area contributed by atoms with Gasteiger partial charge in [0.25, 0.3) is 0 Å². The molecular weight excluding hydrogens is 803 g/mol. The lowest BCUT2D eigenvalue weighted by Crippen LogP contribution is -2.37. The first kappa shape index (κ1) is 37.6. The Bertz CT molecular complexity index is 1630. The van der Waals surface area contributed by atoms with E-state index in [-0.39, 0.29) is 55.9 Å². The molecule has 0 saturated carbocycles. The van der Waals surface area contributed by atoms with Gasteiger partial charge in [-0.25, -0.2) is 9.98 Å². The van der Waals surface area contributed by atoms with Gasteiger partial charge >= 0.3 is 0 Å². The van der Waals surface area contributed by atoms with Crippen molar-refractivity contribution in [3.05, 3.63) is 41.5 Å². The fraction of sp³-hybridized carbons (Fsp3) is 0.387. The zero-order valence-corrected chi connectivity index (χ0v) is 32.5. The quantitative estimate of drug-likeness (QED) is 0.165. The summed E-state index contributed by atoms with van der Waals surface area (Å²) in [4.78, 5) is 27.2. The number of aliphatic imine (C=N–C) groups is 2. The second-order valence-electron chi connectivity index (χ2n) is 9.92. The number of ketones is 1. The summed E-state index contributed by atoms with van der Waals surface area (Å²) < 4.78 is 47.3. The molecule has 0 amide bonds. The molecule has 0 bridgehead atoms. The van der Waals surface area contributed by atoms with Crippen LogP contribution in [0.25, 0.3) is 0 Å². The lowest BCUT2D eigenvalue weighted by atomic mass is 9.90. The summed E-state index contributed by atoms with van der Waals surface area (Å²) in [6.07, 6.45) is 1.21. The molecule has 2 heterocycles. The van der Waals surface area contributed by atoms with Crippen molar-refractivity contribution in [1.82, 2.24) is 0 Å². The minimum Gasteiger partial charge on any atom is -0.492 e. The Morgan fingerprint density at radius 3 is 1.19 bits per heavy atom. The van der Waals surface area contributed by atoms with E-state index in [1.807, 2.05) is 0 Å². The van der Waals surface area contributed by atoms with E-state index in [0.717, 1.165) is 0 Å². The lowest BCUT2D eigenvalue weighted by Gasteiger charge is -2.36. The van der Waals surface area contributed by atoms with Crippen molar-refractivity contribution in [1.29, 1.82) is 0 Å². The van der Waals surface area contributed by atoms with Crippen LogP contribution in [0.3, 0.4) is 0 Å². The first-order valence-corrected chi connectivity index (χ1v) is 16.3. The number of hydrogen-bond donors (Lipinski definition) is 0. The fourth-order valence-electron chi connectivity index (χ4n) is 5.63. The molecule has 0 aromatic heterocycles. The number of rotatable bonds is 12. The summed E-state index contributed by atoms with van der Waals surface area (Å²) in [7, 11) is 11.6. The van der Waals surface area contributed by atoms with Crippen LogP contribution < -0.4 is 38.2 Å². The Balaban J connectivity index is 2.18. The number of carbonyl (C=O) groups excluding carboxylic acids is 1. The highest BCUT2D eigenvalue weighted by Crippen LogP contribution is 2.56. The molecule has 2 atom stereocenters. The van der Waals surface area contributed by atoms with E-state index in [2.05, 4.69) is 41.8 Å². The fourth-order valence-corrected chi connectivity index (χ4v) is 6.68. The molecule has 0 saturated heterocycles. The van der Waals surface area contributed by atoms with Crippen LogP contribution in [-0.2, 0) is 9.47 Å². The second-order valence-corrected chi connectivity index (χ2v) is 12.3. The van der Waals surface area contributed by atoms with Crippen LogP contribution >= 0.6 is 55.1 Å². The van der Waals surface area contributed by atoms with E-state index in [1.54, 1.807) is 23.6 Å². The topological polar surface area (TPSA) is 122 Å². The van der Waals surface area contributed by atoms with Gasteiger partial charge in [0.05, 0.1) is 74.1 Å². The zero-order valence-electron chi connectivity index (χ0n) is 27.8. The largest absolute Gasteiger partial charge is 0.492 e. The van der Waals surface area contributed by atoms with Crippen molar-refractivity contribution < 1.29 is 42.7 Å². The molecule has 0 fully saturated rings. The van der Waals surface area contributed by atoms with Gasteiger partial charge in [-0.3, -0.25) is 14.6 Å². The molecule has 2 aliphatic heterocycles.